The molecule has 1 nitrogen and oxygen atoms in total. The number of nitrogens with zero attached hydrogens (tertiary/aromatic N) is 1. The fourth-order valence-corrected chi connectivity index (χ4v) is 0. The lowest BCUT2D eigenvalue weighted by Crippen LogP contribution is -1.97. The molecule has 0 saturated heterocycles. The van der Waals surface area contributed by atoms with Crippen molar-refractivity contribution >= 4 is 39.2 Å². The summed E-state index contributed by atoms with van der Waals surface area (Å²) in [6, 6.07) is -2.19. The first-order chi connectivity index (χ1) is 2.00. The van der Waals surface area contributed by atoms with Crippen LogP contribution in [-0.2, 0) is 0 Å². The molecule has 0 heterocycles. The van der Waals surface area contributed by atoms with Crippen molar-refractivity contribution < 1.29 is 0 Å². The summed E-state index contributed by atoms with van der Waals surface area (Å²) < 4.78 is 0. The summed E-state index contributed by atoms with van der Waals surface area (Å²) in [7, 11) is 0. The predicted molar refractivity (Wildman–Crippen MR) is 31.3 cm³/mol. The summed E-state index contributed by atoms with van der Waals surface area (Å²) >= 11 is 15.6. The average Bonchev–Trinajstić information content (AvgIpc) is 0.722. The molecule has 0 amide bonds. The molecule has 3 radical (unpaired) electrons. The highest BCUT2D eigenvalue weighted by Gasteiger charge is 2.13. The largest absolute Gasteiger partial charge is 0.338 e. The summed E-state index contributed by atoms with van der Waals surface area (Å²) in [4.78, 5) is 0. The Morgan fingerprint density at radius 1 is 1.17 bits per heavy atom. The molecule has 0 aliphatic rings. The van der Waals surface area contributed by atoms with Crippen molar-refractivity contribution in [3.8, 4) is 0 Å². The second-order valence-electron chi connectivity index (χ2n) is 0.781. The van der Waals surface area contributed by atoms with E-state index < -0.39 is 6.00 Å². The maximum absolute atomic E-state index is 5.20. The van der Waals surface area contributed by atoms with Crippen LogP contribution in [0.4, 0.5) is 0 Å². The minimum absolute atomic E-state index is 0. The van der Waals surface area contributed by atoms with E-state index in [0.29, 0.717) is 0 Å². The third-order valence-corrected chi connectivity index (χ3v) is 0. The van der Waals surface area contributed by atoms with E-state index >= 15 is 0 Å². The Hall–Kier alpha value is 1.05. The molecule has 0 atom stereocenters. The molecule has 6 heavy (non-hydrogen) atoms. The highest BCUT2D eigenvalue weighted by molar-refractivity contribution is 7.64. The van der Waals surface area contributed by atoms with E-state index in [-0.39, 0.29) is 6.15 Å². The zero-order chi connectivity index (χ0) is 4.50. The van der Waals surface area contributed by atoms with Gasteiger partial charge in [-0.25, -0.2) is 0 Å². The molecular weight excluding hydrogens is 160 g/mol. The van der Waals surface area contributed by atoms with Gasteiger partial charge >= 0.3 is 6.00 Å². The van der Waals surface area contributed by atoms with Crippen molar-refractivity contribution in [2.75, 3.05) is 0 Å². The van der Waals surface area contributed by atoms with Crippen molar-refractivity contribution in [3.63, 3.8) is 0 Å². The smallest absolute Gasteiger partial charge is 0.126 e. The van der Waals surface area contributed by atoms with E-state index in [9.17, 15) is 0 Å². The Labute approximate surface area is 52.3 Å². The van der Waals surface area contributed by atoms with Crippen LogP contribution in [0.25, 0.3) is 0 Å². The number of rotatable bonds is 0. The second-order valence-corrected chi connectivity index (χ2v) is 10.9. The molecule has 37 valence electrons. The standard InChI is InChI=1S/CH3Cl3Si.N/c1-5(2,3)4;/h1H3;. The van der Waals surface area contributed by atoms with Gasteiger partial charge in [-0.05, 0) is 6.55 Å². The van der Waals surface area contributed by atoms with Crippen molar-refractivity contribution in [1.82, 2.24) is 6.15 Å². The molecule has 0 aromatic heterocycles. The van der Waals surface area contributed by atoms with Gasteiger partial charge in [0.05, 0.1) is 0 Å². The highest BCUT2D eigenvalue weighted by atomic mass is 35.8. The molecule has 0 aromatic rings. The fourth-order valence-electron chi connectivity index (χ4n) is 0. The molecular formula is CH3Cl3NSi. The normalized spacial score (nSPS) is 10.0. The van der Waals surface area contributed by atoms with Gasteiger partial charge in [-0.3, -0.25) is 0 Å². The van der Waals surface area contributed by atoms with Gasteiger partial charge in [-0.2, -0.15) is 0 Å². The predicted octanol–water partition coefficient (Wildman–Crippen LogP) is 1.79. The average molecular weight is 163 g/mol. The number of halogens is 3. The lowest BCUT2D eigenvalue weighted by Gasteiger charge is -1.89. The van der Waals surface area contributed by atoms with E-state index in [4.69, 9.17) is 33.2 Å². The van der Waals surface area contributed by atoms with Crippen molar-refractivity contribution in [3.05, 3.63) is 0 Å². The van der Waals surface area contributed by atoms with E-state index in [1.54, 1.807) is 6.55 Å². The van der Waals surface area contributed by atoms with Crippen molar-refractivity contribution in [2.24, 2.45) is 0 Å². The first-order valence-electron chi connectivity index (χ1n) is 1.07. The highest BCUT2D eigenvalue weighted by Crippen LogP contribution is 2.17. The van der Waals surface area contributed by atoms with Gasteiger partial charge in [-0.15, -0.1) is 33.2 Å². The Bertz CT molecular complexity index is 26.3. The molecule has 0 aliphatic heterocycles. The number of hydrogen-bond acceptors (Lipinski definition) is 0. The van der Waals surface area contributed by atoms with Gasteiger partial charge in [0.15, 0.2) is 0 Å². The fraction of sp³-hybridized carbons (Fsp3) is 1.00. The van der Waals surface area contributed by atoms with Crippen molar-refractivity contribution in [2.45, 2.75) is 6.55 Å². The second kappa shape index (κ2) is 3.10. The molecule has 0 fully saturated rings. The van der Waals surface area contributed by atoms with Gasteiger partial charge in [0.25, 0.3) is 0 Å². The van der Waals surface area contributed by atoms with E-state index in [0.717, 1.165) is 0 Å². The summed E-state index contributed by atoms with van der Waals surface area (Å²) in [5, 5.41) is 0. The summed E-state index contributed by atoms with van der Waals surface area (Å²) in [6.07, 6.45) is 0. The molecule has 0 rings (SSSR count). The monoisotopic (exact) mass is 162 g/mol. The number of hydrogen-bond donors (Lipinski definition) is 0. The van der Waals surface area contributed by atoms with Gasteiger partial charge < -0.3 is 0 Å². The minimum atomic E-state index is -2.19. The lowest BCUT2D eigenvalue weighted by atomic mass is 11.9. The van der Waals surface area contributed by atoms with Crippen LogP contribution in [0.3, 0.4) is 0 Å². The molecule has 0 N–H and O–H groups in total. The van der Waals surface area contributed by atoms with Gasteiger partial charge in [-0.1, -0.05) is 0 Å². The lowest BCUT2D eigenvalue weighted by molar-refractivity contribution is 2.13. The SMILES string of the molecule is C[Si](Cl)(Cl)Cl.[N]. The zero-order valence-corrected chi connectivity index (χ0v) is 6.35. The maximum atomic E-state index is 5.20. The minimum Gasteiger partial charge on any atom is -0.126 e. The maximum Gasteiger partial charge on any atom is 0.338 e. The van der Waals surface area contributed by atoms with Crippen LogP contribution in [0.15, 0.2) is 0 Å². The zero-order valence-electron chi connectivity index (χ0n) is 3.08. The first-order valence-corrected chi connectivity index (χ1v) is 6.60. The van der Waals surface area contributed by atoms with Gasteiger partial charge in [0, 0.05) is 6.15 Å². The molecule has 0 unspecified atom stereocenters. The van der Waals surface area contributed by atoms with Crippen LogP contribution < -0.4 is 6.15 Å². The third kappa shape index (κ3) is 75.4. The Kier molecular flexibility index (Phi) is 5.23. The van der Waals surface area contributed by atoms with Crippen LogP contribution in [-0.4, -0.2) is 6.00 Å². The van der Waals surface area contributed by atoms with Gasteiger partial charge in [0.1, 0.15) is 0 Å². The van der Waals surface area contributed by atoms with E-state index in [1.165, 1.54) is 0 Å². The van der Waals surface area contributed by atoms with Crippen LogP contribution in [0.1, 0.15) is 0 Å². The Morgan fingerprint density at radius 3 is 1.17 bits per heavy atom. The quantitative estimate of drug-likeness (QED) is 0.385. The first kappa shape index (κ1) is 10.1. The van der Waals surface area contributed by atoms with Crippen molar-refractivity contribution in [1.29, 1.82) is 0 Å². The summed E-state index contributed by atoms with van der Waals surface area (Å²) in [5.74, 6) is 0. The third-order valence-electron chi connectivity index (χ3n) is 0. The van der Waals surface area contributed by atoms with E-state index in [2.05, 4.69) is 0 Å². The molecule has 0 bridgehead atoms. The molecule has 0 aromatic carbocycles. The molecule has 5 heteroatoms. The summed E-state index contributed by atoms with van der Waals surface area (Å²) in [6.45, 7) is 1.62. The summed E-state index contributed by atoms with van der Waals surface area (Å²) in [5.41, 5.74) is 0. The van der Waals surface area contributed by atoms with Crippen LogP contribution in [0.2, 0.25) is 6.55 Å². The van der Waals surface area contributed by atoms with Crippen LogP contribution >= 0.6 is 33.2 Å². The topological polar surface area (TPSA) is 30.5 Å². The Balaban J connectivity index is 0. The van der Waals surface area contributed by atoms with E-state index in [1.807, 2.05) is 0 Å². The molecule has 0 aliphatic carbocycles. The Morgan fingerprint density at radius 2 is 1.17 bits per heavy atom. The van der Waals surface area contributed by atoms with Crippen LogP contribution in [0, 0.1) is 0 Å². The van der Waals surface area contributed by atoms with Crippen LogP contribution in [0.5, 0.6) is 0 Å². The molecule has 0 spiro atoms. The molecule has 0 saturated carbocycles. The van der Waals surface area contributed by atoms with Gasteiger partial charge in [0.2, 0.25) is 0 Å².